The Hall–Kier alpha value is -7.88. The third-order valence-electron chi connectivity index (χ3n) is 9.47. The van der Waals surface area contributed by atoms with Gasteiger partial charge in [0.05, 0.1) is 56.5 Å². The number of hydrogen-bond acceptors (Lipinski definition) is 16. The lowest BCUT2D eigenvalue weighted by atomic mass is 9.88. The van der Waals surface area contributed by atoms with Crippen LogP contribution in [-0.4, -0.2) is 100 Å². The first-order chi connectivity index (χ1) is 31.7. The number of rotatable bonds is 24. The molecule has 66 heavy (non-hydrogen) atoms. The Kier molecular flexibility index (Phi) is 19.6. The molecule has 16 heteroatoms. The number of hydrogen-bond donors (Lipinski definition) is 0. The van der Waals surface area contributed by atoms with E-state index in [0.29, 0.717) is 6.42 Å². The minimum absolute atomic E-state index is 0.00892. The SMILES string of the molecule is C=CCOC(=O)c1cccc(C(=O)OCC(CC)(COC(=O)c2cccc(C(=O)OCC=C)c2)COC(=O)c2cccc(C(=O)OCC(C)OC(=O)c3cccc(C(=O)OCCC)c3)c2)c1. The third kappa shape index (κ3) is 15.1. The van der Waals surface area contributed by atoms with Gasteiger partial charge >= 0.3 is 47.8 Å². The summed E-state index contributed by atoms with van der Waals surface area (Å²) >= 11 is 0. The molecule has 0 fully saturated rings. The normalized spacial score (nSPS) is 11.1. The van der Waals surface area contributed by atoms with Gasteiger partial charge in [0.2, 0.25) is 0 Å². The largest absolute Gasteiger partial charge is 0.462 e. The molecule has 0 aromatic heterocycles. The topological polar surface area (TPSA) is 210 Å². The maximum absolute atomic E-state index is 13.5. The Morgan fingerprint density at radius 3 is 1.09 bits per heavy atom. The molecule has 0 heterocycles. The van der Waals surface area contributed by atoms with E-state index in [2.05, 4.69) is 13.2 Å². The summed E-state index contributed by atoms with van der Waals surface area (Å²) in [4.78, 5) is 103. The Labute approximate surface area is 381 Å². The van der Waals surface area contributed by atoms with E-state index in [9.17, 15) is 38.4 Å². The van der Waals surface area contributed by atoms with Gasteiger partial charge in [0.1, 0.15) is 45.7 Å². The van der Waals surface area contributed by atoms with Crippen molar-refractivity contribution >= 4 is 47.8 Å². The number of carbonyl (C=O) groups excluding carboxylic acids is 8. The lowest BCUT2D eigenvalue weighted by Gasteiger charge is -2.31. The number of esters is 8. The number of ether oxygens (including phenoxy) is 8. The van der Waals surface area contributed by atoms with Crippen molar-refractivity contribution in [2.45, 2.75) is 39.7 Å². The summed E-state index contributed by atoms with van der Waals surface area (Å²) < 4.78 is 43.0. The van der Waals surface area contributed by atoms with Crippen LogP contribution in [0.25, 0.3) is 0 Å². The van der Waals surface area contributed by atoms with Gasteiger partial charge in [0, 0.05) is 0 Å². The molecular weight excluding hydrogens is 857 g/mol. The fraction of sp³-hybridized carbons (Fsp3) is 0.280. The minimum atomic E-state index is -1.34. The minimum Gasteiger partial charge on any atom is -0.462 e. The van der Waals surface area contributed by atoms with Gasteiger partial charge < -0.3 is 37.9 Å². The number of benzene rings is 4. The van der Waals surface area contributed by atoms with Crippen LogP contribution in [0.3, 0.4) is 0 Å². The van der Waals surface area contributed by atoms with Crippen LogP contribution < -0.4 is 0 Å². The van der Waals surface area contributed by atoms with Crippen LogP contribution in [0, 0.1) is 5.41 Å². The Bertz CT molecular complexity index is 2330. The van der Waals surface area contributed by atoms with Gasteiger partial charge in [-0.05, 0) is 92.6 Å². The molecule has 0 aliphatic heterocycles. The van der Waals surface area contributed by atoms with Crippen molar-refractivity contribution < 1.29 is 76.3 Å². The highest BCUT2D eigenvalue weighted by Crippen LogP contribution is 2.27. The molecular formula is C50H50O16. The predicted molar refractivity (Wildman–Crippen MR) is 236 cm³/mol. The highest BCUT2D eigenvalue weighted by molar-refractivity contribution is 5.98. The lowest BCUT2D eigenvalue weighted by Crippen LogP contribution is -2.39. The molecule has 0 bridgehead atoms. The van der Waals surface area contributed by atoms with Crippen LogP contribution in [0.2, 0.25) is 0 Å². The van der Waals surface area contributed by atoms with Crippen molar-refractivity contribution in [2.75, 3.05) is 46.2 Å². The summed E-state index contributed by atoms with van der Waals surface area (Å²) in [6.07, 6.45) is 2.65. The van der Waals surface area contributed by atoms with E-state index in [1.165, 1.54) is 116 Å². The zero-order valence-corrected chi connectivity index (χ0v) is 36.8. The fourth-order valence-electron chi connectivity index (χ4n) is 5.70. The predicted octanol–water partition coefficient (Wildman–Crippen LogP) is 7.61. The molecule has 1 atom stereocenters. The molecule has 0 amide bonds. The van der Waals surface area contributed by atoms with Gasteiger partial charge in [-0.3, -0.25) is 0 Å². The van der Waals surface area contributed by atoms with Gasteiger partial charge in [0.15, 0.2) is 0 Å². The molecule has 0 spiro atoms. The Morgan fingerprint density at radius 2 is 0.773 bits per heavy atom. The van der Waals surface area contributed by atoms with Crippen molar-refractivity contribution in [1.29, 1.82) is 0 Å². The fourth-order valence-corrected chi connectivity index (χ4v) is 5.70. The molecule has 0 saturated heterocycles. The molecule has 0 N–H and O–H groups in total. The van der Waals surface area contributed by atoms with Crippen LogP contribution in [0.1, 0.15) is 116 Å². The summed E-state index contributed by atoms with van der Waals surface area (Å²) in [6.45, 7) is 10.5. The summed E-state index contributed by atoms with van der Waals surface area (Å²) in [5.41, 5.74) is -0.972. The quantitative estimate of drug-likeness (QED) is 0.0376. The van der Waals surface area contributed by atoms with E-state index >= 15 is 0 Å². The van der Waals surface area contributed by atoms with Crippen LogP contribution in [0.15, 0.2) is 122 Å². The molecule has 0 aliphatic rings. The van der Waals surface area contributed by atoms with Crippen LogP contribution >= 0.6 is 0 Å². The highest BCUT2D eigenvalue weighted by Gasteiger charge is 2.35. The first-order valence-electron chi connectivity index (χ1n) is 20.8. The summed E-state index contributed by atoms with van der Waals surface area (Å²) in [5.74, 6) is -6.14. The second-order valence-corrected chi connectivity index (χ2v) is 14.6. The smallest absolute Gasteiger partial charge is 0.338 e. The second-order valence-electron chi connectivity index (χ2n) is 14.6. The van der Waals surface area contributed by atoms with Crippen LogP contribution in [-0.2, 0) is 37.9 Å². The molecule has 1 unspecified atom stereocenters. The zero-order valence-electron chi connectivity index (χ0n) is 36.8. The monoisotopic (exact) mass is 906 g/mol. The van der Waals surface area contributed by atoms with Gasteiger partial charge in [-0.25, -0.2) is 38.4 Å². The molecule has 0 aliphatic carbocycles. The van der Waals surface area contributed by atoms with Crippen LogP contribution in [0.4, 0.5) is 0 Å². The van der Waals surface area contributed by atoms with E-state index in [1.807, 2.05) is 6.92 Å². The highest BCUT2D eigenvalue weighted by atomic mass is 16.6. The Balaban J connectivity index is 1.45. The summed E-state index contributed by atoms with van der Waals surface area (Å²) in [5, 5.41) is 0. The van der Waals surface area contributed by atoms with E-state index < -0.39 is 79.1 Å². The molecule has 4 rings (SSSR count). The van der Waals surface area contributed by atoms with E-state index in [0.717, 1.165) is 0 Å². The molecule has 0 radical (unpaired) electrons. The summed E-state index contributed by atoms with van der Waals surface area (Å²) in [6, 6.07) is 22.5. The zero-order chi connectivity index (χ0) is 48.1. The maximum atomic E-state index is 13.5. The Morgan fingerprint density at radius 1 is 0.470 bits per heavy atom. The molecule has 346 valence electrons. The van der Waals surface area contributed by atoms with Gasteiger partial charge in [-0.2, -0.15) is 0 Å². The molecule has 4 aromatic carbocycles. The second kappa shape index (κ2) is 25.4. The van der Waals surface area contributed by atoms with Crippen molar-refractivity contribution in [1.82, 2.24) is 0 Å². The third-order valence-corrected chi connectivity index (χ3v) is 9.47. The number of carbonyl (C=O) groups is 8. The molecule has 0 saturated carbocycles. The van der Waals surface area contributed by atoms with Crippen molar-refractivity contribution in [3.05, 3.63) is 167 Å². The standard InChI is InChI=1S/C50H50O16/c1-6-22-59-42(51)34-14-10-18-38(25-34)46(55)63-30-50(9-4,31-64-47(56)39-19-11-15-35(26-39)43(52)60-23-7-2)32-65-48(57)40-20-12-17-37(27-40)45(54)62-29-33(5)66-49(58)41-21-13-16-36(28-41)44(53)61-24-8-3/h6-7,10-21,25-28,33H,1-2,8-9,22-24,29-32H2,3-5H3. The van der Waals surface area contributed by atoms with E-state index in [-0.39, 0.29) is 77.4 Å². The van der Waals surface area contributed by atoms with Crippen molar-refractivity contribution in [3.8, 4) is 0 Å². The first kappa shape index (κ1) is 50.8. The first-order valence-corrected chi connectivity index (χ1v) is 20.8. The van der Waals surface area contributed by atoms with E-state index in [1.54, 1.807) is 6.92 Å². The molecule has 16 nitrogen and oxygen atoms in total. The average Bonchev–Trinajstić information content (AvgIpc) is 3.35. The van der Waals surface area contributed by atoms with Crippen LogP contribution in [0.5, 0.6) is 0 Å². The van der Waals surface area contributed by atoms with Gasteiger partial charge in [-0.15, -0.1) is 0 Å². The maximum Gasteiger partial charge on any atom is 0.338 e. The van der Waals surface area contributed by atoms with Gasteiger partial charge in [0.25, 0.3) is 0 Å². The summed E-state index contributed by atoms with van der Waals surface area (Å²) in [7, 11) is 0. The lowest BCUT2D eigenvalue weighted by molar-refractivity contribution is -0.0382. The van der Waals surface area contributed by atoms with Crippen molar-refractivity contribution in [2.24, 2.45) is 5.41 Å². The molecule has 4 aromatic rings. The van der Waals surface area contributed by atoms with Gasteiger partial charge in [-0.1, -0.05) is 63.4 Å². The van der Waals surface area contributed by atoms with Crippen molar-refractivity contribution in [3.63, 3.8) is 0 Å². The average molecular weight is 907 g/mol. The van der Waals surface area contributed by atoms with E-state index in [4.69, 9.17) is 37.9 Å².